The molecule has 1 aromatic rings. The Balaban J connectivity index is 2.35. The number of halogens is 2. The summed E-state index contributed by atoms with van der Waals surface area (Å²) >= 11 is 3.01. The standard InChI is InChI=1S/C12H14BrFN2O3S/c1-6(7-2-3-7)16-12(17)9-4-8(14)5-10(11(9)13)20(15,18)19/h4-7H,2-3H2,1H3,(H,16,17)(H2,15,18,19). The lowest BCUT2D eigenvalue weighted by Crippen LogP contribution is -2.34. The monoisotopic (exact) mass is 364 g/mol. The van der Waals surface area contributed by atoms with Crippen LogP contribution < -0.4 is 10.5 Å². The summed E-state index contributed by atoms with van der Waals surface area (Å²) in [6.07, 6.45) is 2.10. The number of carbonyl (C=O) groups excluding carboxylic acids is 1. The van der Waals surface area contributed by atoms with Crippen molar-refractivity contribution >= 4 is 31.9 Å². The number of rotatable bonds is 4. The molecule has 1 saturated carbocycles. The number of nitrogens with two attached hydrogens (primary N) is 1. The maximum atomic E-state index is 13.5. The quantitative estimate of drug-likeness (QED) is 0.852. The lowest BCUT2D eigenvalue weighted by molar-refractivity contribution is 0.0934. The summed E-state index contributed by atoms with van der Waals surface area (Å²) in [5.74, 6) is -0.925. The Bertz CT molecular complexity index is 659. The first-order chi connectivity index (χ1) is 9.20. The number of hydrogen-bond donors (Lipinski definition) is 2. The van der Waals surface area contributed by atoms with E-state index < -0.39 is 26.6 Å². The lowest BCUT2D eigenvalue weighted by atomic mass is 10.1. The molecule has 3 N–H and O–H groups in total. The highest BCUT2D eigenvalue weighted by molar-refractivity contribution is 9.10. The Morgan fingerprint density at radius 2 is 2.10 bits per heavy atom. The van der Waals surface area contributed by atoms with E-state index in [-0.39, 0.29) is 16.1 Å². The molecular weight excluding hydrogens is 351 g/mol. The Kier molecular flexibility index (Phi) is 4.17. The van der Waals surface area contributed by atoms with E-state index >= 15 is 0 Å². The van der Waals surface area contributed by atoms with Crippen molar-refractivity contribution in [3.63, 3.8) is 0 Å². The van der Waals surface area contributed by atoms with Gasteiger partial charge in [-0.15, -0.1) is 0 Å². The van der Waals surface area contributed by atoms with Crippen LogP contribution in [-0.2, 0) is 10.0 Å². The molecule has 110 valence electrons. The Morgan fingerprint density at radius 3 is 2.60 bits per heavy atom. The summed E-state index contributed by atoms with van der Waals surface area (Å²) in [5, 5.41) is 7.73. The van der Waals surface area contributed by atoms with Crippen molar-refractivity contribution in [1.29, 1.82) is 0 Å². The molecule has 20 heavy (non-hydrogen) atoms. The zero-order valence-electron chi connectivity index (χ0n) is 10.7. The van der Waals surface area contributed by atoms with Gasteiger partial charge in [-0.25, -0.2) is 17.9 Å². The van der Waals surface area contributed by atoms with Crippen LogP contribution in [0.3, 0.4) is 0 Å². The van der Waals surface area contributed by atoms with Crippen molar-refractivity contribution in [1.82, 2.24) is 5.32 Å². The number of carbonyl (C=O) groups is 1. The highest BCUT2D eigenvalue weighted by Gasteiger charge is 2.30. The van der Waals surface area contributed by atoms with Gasteiger partial charge in [0.25, 0.3) is 5.91 Å². The summed E-state index contributed by atoms with van der Waals surface area (Å²) in [6.45, 7) is 1.86. The average molecular weight is 365 g/mol. The number of sulfonamides is 1. The normalized spacial score (nSPS) is 16.8. The third kappa shape index (κ3) is 3.36. The average Bonchev–Trinajstić information content (AvgIpc) is 3.13. The van der Waals surface area contributed by atoms with E-state index in [9.17, 15) is 17.6 Å². The van der Waals surface area contributed by atoms with Crippen molar-refractivity contribution in [2.24, 2.45) is 11.1 Å². The molecule has 0 aliphatic heterocycles. The first-order valence-corrected chi connectivity index (χ1v) is 8.37. The van der Waals surface area contributed by atoms with Crippen LogP contribution in [0.2, 0.25) is 0 Å². The van der Waals surface area contributed by atoms with E-state index in [4.69, 9.17) is 5.14 Å². The topological polar surface area (TPSA) is 89.3 Å². The van der Waals surface area contributed by atoms with Gasteiger partial charge < -0.3 is 5.32 Å². The molecule has 0 bridgehead atoms. The number of primary sulfonamides is 1. The van der Waals surface area contributed by atoms with Crippen LogP contribution in [0, 0.1) is 11.7 Å². The van der Waals surface area contributed by atoms with Crippen LogP contribution in [0.5, 0.6) is 0 Å². The number of amides is 1. The molecule has 1 atom stereocenters. The number of benzene rings is 1. The second-order valence-electron chi connectivity index (χ2n) is 4.91. The van der Waals surface area contributed by atoms with Gasteiger partial charge >= 0.3 is 0 Å². The van der Waals surface area contributed by atoms with Crippen molar-refractivity contribution in [2.45, 2.75) is 30.7 Å². The van der Waals surface area contributed by atoms with Gasteiger partial charge in [-0.2, -0.15) is 0 Å². The summed E-state index contributed by atoms with van der Waals surface area (Å²) in [7, 11) is -4.11. The molecular formula is C12H14BrFN2O3S. The van der Waals surface area contributed by atoms with Gasteiger partial charge in [0.1, 0.15) is 5.82 Å². The van der Waals surface area contributed by atoms with E-state index in [1.54, 1.807) is 0 Å². The van der Waals surface area contributed by atoms with E-state index in [2.05, 4.69) is 21.2 Å². The highest BCUT2D eigenvalue weighted by Crippen LogP contribution is 2.33. The lowest BCUT2D eigenvalue weighted by Gasteiger charge is -2.14. The van der Waals surface area contributed by atoms with E-state index in [1.165, 1.54) is 0 Å². The first kappa shape index (κ1) is 15.4. The highest BCUT2D eigenvalue weighted by atomic mass is 79.9. The molecule has 1 fully saturated rings. The van der Waals surface area contributed by atoms with Crippen LogP contribution in [0.4, 0.5) is 4.39 Å². The first-order valence-electron chi connectivity index (χ1n) is 6.03. The smallest absolute Gasteiger partial charge is 0.252 e. The van der Waals surface area contributed by atoms with Crippen LogP contribution >= 0.6 is 15.9 Å². The third-order valence-electron chi connectivity index (χ3n) is 3.24. The molecule has 1 aliphatic carbocycles. The molecule has 0 saturated heterocycles. The van der Waals surface area contributed by atoms with Crippen molar-refractivity contribution in [3.8, 4) is 0 Å². The second-order valence-corrected chi connectivity index (χ2v) is 7.23. The molecule has 0 spiro atoms. The summed E-state index contributed by atoms with van der Waals surface area (Å²) in [6, 6.07) is 1.73. The predicted molar refractivity (Wildman–Crippen MR) is 75.1 cm³/mol. The zero-order valence-corrected chi connectivity index (χ0v) is 13.1. The molecule has 2 rings (SSSR count). The summed E-state index contributed by atoms with van der Waals surface area (Å²) in [4.78, 5) is 11.7. The van der Waals surface area contributed by atoms with Gasteiger partial charge in [-0.3, -0.25) is 4.79 Å². The summed E-state index contributed by atoms with van der Waals surface area (Å²) in [5.41, 5.74) is -0.0819. The molecule has 1 aliphatic rings. The Labute approximate surface area is 124 Å². The molecule has 0 heterocycles. The molecule has 8 heteroatoms. The van der Waals surface area contributed by atoms with Crippen LogP contribution in [-0.4, -0.2) is 20.4 Å². The minimum Gasteiger partial charge on any atom is -0.349 e. The van der Waals surface area contributed by atoms with Crippen LogP contribution in [0.1, 0.15) is 30.1 Å². The zero-order chi connectivity index (χ0) is 15.1. The van der Waals surface area contributed by atoms with Gasteiger partial charge in [-0.05, 0) is 53.7 Å². The van der Waals surface area contributed by atoms with Crippen LogP contribution in [0.15, 0.2) is 21.5 Å². The predicted octanol–water partition coefficient (Wildman–Crippen LogP) is 1.76. The fourth-order valence-corrected chi connectivity index (χ4v) is 3.66. The van der Waals surface area contributed by atoms with E-state index in [0.29, 0.717) is 5.92 Å². The van der Waals surface area contributed by atoms with Crippen molar-refractivity contribution < 1.29 is 17.6 Å². The van der Waals surface area contributed by atoms with Crippen LogP contribution in [0.25, 0.3) is 0 Å². The fraction of sp³-hybridized carbons (Fsp3) is 0.417. The number of nitrogens with one attached hydrogen (secondary N) is 1. The largest absolute Gasteiger partial charge is 0.349 e. The maximum Gasteiger partial charge on any atom is 0.252 e. The number of hydrogen-bond acceptors (Lipinski definition) is 3. The van der Waals surface area contributed by atoms with Gasteiger partial charge in [0.05, 0.1) is 14.9 Å². The van der Waals surface area contributed by atoms with E-state index in [0.717, 1.165) is 25.0 Å². The molecule has 0 radical (unpaired) electrons. The molecule has 1 amide bonds. The second kappa shape index (κ2) is 5.42. The van der Waals surface area contributed by atoms with Gasteiger partial charge in [0, 0.05) is 6.04 Å². The Hall–Kier alpha value is -0.990. The fourth-order valence-electron chi connectivity index (χ4n) is 1.94. The minimum absolute atomic E-state index is 0.0260. The van der Waals surface area contributed by atoms with Gasteiger partial charge in [0.15, 0.2) is 0 Å². The summed E-state index contributed by atoms with van der Waals surface area (Å²) < 4.78 is 36.2. The van der Waals surface area contributed by atoms with E-state index in [1.807, 2.05) is 6.92 Å². The third-order valence-corrected chi connectivity index (χ3v) is 5.29. The molecule has 5 nitrogen and oxygen atoms in total. The SMILES string of the molecule is CC(NC(=O)c1cc(F)cc(S(N)(=O)=O)c1Br)C1CC1. The molecule has 1 unspecified atom stereocenters. The van der Waals surface area contributed by atoms with Crippen molar-refractivity contribution in [2.75, 3.05) is 0 Å². The Morgan fingerprint density at radius 1 is 1.50 bits per heavy atom. The van der Waals surface area contributed by atoms with Crippen molar-refractivity contribution in [3.05, 3.63) is 28.0 Å². The van der Waals surface area contributed by atoms with Gasteiger partial charge in [0.2, 0.25) is 10.0 Å². The van der Waals surface area contributed by atoms with Gasteiger partial charge in [-0.1, -0.05) is 0 Å². The molecule has 0 aromatic heterocycles. The minimum atomic E-state index is -4.11. The molecule has 1 aromatic carbocycles. The maximum absolute atomic E-state index is 13.5.